The second kappa shape index (κ2) is 11.9. The van der Waals surface area contributed by atoms with E-state index in [2.05, 4.69) is 34.6 Å². The molecule has 2 amide bonds. The van der Waals surface area contributed by atoms with Crippen LogP contribution in [0.1, 0.15) is 64.1 Å². The maximum absolute atomic E-state index is 12.3. The van der Waals surface area contributed by atoms with E-state index in [1.165, 1.54) is 0 Å². The second-order valence-corrected chi connectivity index (χ2v) is 6.87. The topological polar surface area (TPSA) is 92.2 Å². The first-order valence-electron chi connectivity index (χ1n) is 9.74. The first-order chi connectivity index (χ1) is 12.5. The van der Waals surface area contributed by atoms with Gasteiger partial charge in [-0.2, -0.15) is 10.1 Å². The van der Waals surface area contributed by atoms with Gasteiger partial charge < -0.3 is 10.2 Å². The lowest BCUT2D eigenvalue weighted by Crippen LogP contribution is -2.33. The summed E-state index contributed by atoms with van der Waals surface area (Å²) in [5.41, 5.74) is 0. The summed E-state index contributed by atoms with van der Waals surface area (Å²) in [7, 11) is 1.78. The van der Waals surface area contributed by atoms with Gasteiger partial charge in [-0.05, 0) is 38.8 Å². The van der Waals surface area contributed by atoms with E-state index >= 15 is 0 Å². The molecule has 2 heterocycles. The minimum atomic E-state index is -0.196. The summed E-state index contributed by atoms with van der Waals surface area (Å²) in [6.07, 6.45) is 4.27. The van der Waals surface area contributed by atoms with Crippen LogP contribution in [0.15, 0.2) is 0 Å². The number of nitrogens with zero attached hydrogens (tertiary/aromatic N) is 4. The van der Waals surface area contributed by atoms with Crippen molar-refractivity contribution in [2.75, 3.05) is 31.5 Å². The molecule has 0 aliphatic carbocycles. The molecule has 1 aliphatic heterocycles. The van der Waals surface area contributed by atoms with Gasteiger partial charge in [-0.15, -0.1) is 12.4 Å². The molecule has 1 aromatic heterocycles. The molecule has 2 N–H and O–H groups in total. The van der Waals surface area contributed by atoms with Crippen molar-refractivity contribution in [3.8, 4) is 0 Å². The van der Waals surface area contributed by atoms with Gasteiger partial charge in [0.2, 0.25) is 17.8 Å². The Hall–Kier alpha value is -1.67. The fraction of sp³-hybridized carbons (Fsp3) is 0.778. The Bertz CT molecular complexity index is 595. The predicted octanol–water partition coefficient (Wildman–Crippen LogP) is 2.07. The lowest BCUT2D eigenvalue weighted by Gasteiger charge is -2.21. The van der Waals surface area contributed by atoms with Crippen molar-refractivity contribution >= 4 is 30.2 Å². The summed E-state index contributed by atoms with van der Waals surface area (Å²) in [5, 5.41) is 10.6. The van der Waals surface area contributed by atoms with Crippen LogP contribution in [0.5, 0.6) is 0 Å². The van der Waals surface area contributed by atoms with Crippen molar-refractivity contribution < 1.29 is 9.59 Å². The zero-order valence-corrected chi connectivity index (χ0v) is 17.5. The van der Waals surface area contributed by atoms with Crippen molar-refractivity contribution in [1.29, 1.82) is 0 Å². The highest BCUT2D eigenvalue weighted by atomic mass is 35.5. The molecule has 0 radical (unpaired) electrons. The molecule has 154 valence electrons. The molecular formula is C18H33ClN6O2. The third-order valence-corrected chi connectivity index (χ3v) is 4.64. The summed E-state index contributed by atoms with van der Waals surface area (Å²) in [4.78, 5) is 30.8. The number of rotatable bonds is 9. The van der Waals surface area contributed by atoms with Crippen molar-refractivity contribution in [2.24, 2.45) is 7.05 Å². The molecule has 0 saturated carbocycles. The average molecular weight is 401 g/mol. The monoisotopic (exact) mass is 400 g/mol. The molecule has 0 aromatic carbocycles. The number of hydrogen-bond donors (Lipinski definition) is 2. The summed E-state index contributed by atoms with van der Waals surface area (Å²) in [6.45, 7) is 7.54. The van der Waals surface area contributed by atoms with Gasteiger partial charge in [0.05, 0.1) is 0 Å². The average Bonchev–Trinajstić information content (AvgIpc) is 3.01. The normalized spacial score (nSPS) is 14.5. The molecule has 8 nitrogen and oxygen atoms in total. The fourth-order valence-electron chi connectivity index (χ4n) is 3.23. The Balaban J connectivity index is 0.00000364. The van der Waals surface area contributed by atoms with E-state index in [1.54, 1.807) is 11.7 Å². The van der Waals surface area contributed by atoms with E-state index in [4.69, 9.17) is 0 Å². The number of carbonyl (C=O) groups is 2. The number of hydrogen-bond acceptors (Lipinski definition) is 5. The molecule has 27 heavy (non-hydrogen) atoms. The molecule has 0 spiro atoms. The Labute approximate surface area is 167 Å². The number of aromatic nitrogens is 3. The summed E-state index contributed by atoms with van der Waals surface area (Å²) < 4.78 is 1.61. The number of piperidine rings is 1. The smallest absolute Gasteiger partial charge is 0.227 e. The van der Waals surface area contributed by atoms with Crippen LogP contribution >= 0.6 is 12.4 Å². The van der Waals surface area contributed by atoms with Gasteiger partial charge >= 0.3 is 0 Å². The minimum absolute atomic E-state index is 0. The van der Waals surface area contributed by atoms with Crippen molar-refractivity contribution in [1.82, 2.24) is 25.0 Å². The second-order valence-electron chi connectivity index (χ2n) is 6.87. The summed E-state index contributed by atoms with van der Waals surface area (Å²) >= 11 is 0. The van der Waals surface area contributed by atoms with Gasteiger partial charge in [-0.3, -0.25) is 14.9 Å². The summed E-state index contributed by atoms with van der Waals surface area (Å²) in [5.74, 6) is 1.43. The Morgan fingerprint density at radius 2 is 1.81 bits per heavy atom. The van der Waals surface area contributed by atoms with Crippen LogP contribution in [0.4, 0.5) is 5.95 Å². The van der Waals surface area contributed by atoms with E-state index < -0.39 is 0 Å². The van der Waals surface area contributed by atoms with Gasteiger partial charge in [0.15, 0.2) is 5.82 Å². The lowest BCUT2D eigenvalue weighted by atomic mass is 9.98. The molecule has 1 fully saturated rings. The lowest BCUT2D eigenvalue weighted by molar-refractivity contribution is -0.133. The van der Waals surface area contributed by atoms with Crippen LogP contribution in [0.2, 0.25) is 0 Å². The first kappa shape index (κ1) is 23.4. The molecule has 1 aliphatic rings. The molecular weight excluding hydrogens is 368 g/mol. The predicted molar refractivity (Wildman–Crippen MR) is 108 cm³/mol. The first-order valence-corrected chi connectivity index (χ1v) is 9.74. The highest BCUT2D eigenvalue weighted by Crippen LogP contribution is 2.23. The molecule has 1 aromatic rings. The van der Waals surface area contributed by atoms with Crippen LogP contribution < -0.4 is 10.6 Å². The maximum Gasteiger partial charge on any atom is 0.227 e. The summed E-state index contributed by atoms with van der Waals surface area (Å²) in [6, 6.07) is 0. The number of carbonyl (C=O) groups excluding carboxylic acids is 2. The van der Waals surface area contributed by atoms with Gasteiger partial charge in [-0.1, -0.05) is 13.8 Å². The van der Waals surface area contributed by atoms with E-state index in [0.29, 0.717) is 11.9 Å². The zero-order chi connectivity index (χ0) is 18.9. The third kappa shape index (κ3) is 7.10. The van der Waals surface area contributed by atoms with E-state index in [0.717, 1.165) is 57.7 Å². The maximum atomic E-state index is 12.3. The van der Waals surface area contributed by atoms with Crippen molar-refractivity contribution in [2.45, 2.75) is 58.3 Å². The van der Waals surface area contributed by atoms with Crippen LogP contribution in [-0.4, -0.2) is 57.7 Å². The van der Waals surface area contributed by atoms with E-state index in [1.807, 2.05) is 4.90 Å². The van der Waals surface area contributed by atoms with E-state index in [9.17, 15) is 9.59 Å². The molecule has 0 bridgehead atoms. The van der Waals surface area contributed by atoms with Crippen LogP contribution in [0, 0.1) is 0 Å². The van der Waals surface area contributed by atoms with Crippen molar-refractivity contribution in [3.63, 3.8) is 0 Å². The minimum Gasteiger partial charge on any atom is -0.343 e. The van der Waals surface area contributed by atoms with Gasteiger partial charge in [0, 0.05) is 38.9 Å². The Morgan fingerprint density at radius 1 is 1.19 bits per heavy atom. The molecule has 0 unspecified atom stereocenters. The van der Waals surface area contributed by atoms with Crippen LogP contribution in [0.3, 0.4) is 0 Å². The number of amides is 2. The quantitative estimate of drug-likeness (QED) is 0.662. The fourth-order valence-corrected chi connectivity index (χ4v) is 3.23. The molecule has 1 saturated heterocycles. The highest BCUT2D eigenvalue weighted by Gasteiger charge is 2.21. The molecule has 2 rings (SSSR count). The third-order valence-electron chi connectivity index (χ3n) is 4.64. The number of anilines is 1. The molecule has 9 heteroatoms. The van der Waals surface area contributed by atoms with Crippen LogP contribution in [-0.2, 0) is 16.6 Å². The van der Waals surface area contributed by atoms with Gasteiger partial charge in [-0.25, -0.2) is 4.68 Å². The van der Waals surface area contributed by atoms with Crippen molar-refractivity contribution in [3.05, 3.63) is 5.82 Å². The standard InChI is InChI=1S/C18H32N6O2.ClH/c1-4-12-24(13-5-2)16(26)7-6-15(25)20-18-21-17(22-23(18)3)14-8-10-19-11-9-14;/h14,19H,4-13H2,1-3H3,(H,20,21,22,25);1H. The zero-order valence-electron chi connectivity index (χ0n) is 16.7. The van der Waals surface area contributed by atoms with E-state index in [-0.39, 0.29) is 37.1 Å². The SMILES string of the molecule is CCCN(CCC)C(=O)CCC(=O)Nc1nc(C2CCNCC2)nn1C.Cl. The largest absolute Gasteiger partial charge is 0.343 e. The number of aryl methyl sites for hydroxylation is 1. The number of halogens is 1. The van der Waals surface area contributed by atoms with Gasteiger partial charge in [0.25, 0.3) is 0 Å². The Morgan fingerprint density at radius 3 is 2.41 bits per heavy atom. The van der Waals surface area contributed by atoms with Crippen LogP contribution in [0.25, 0.3) is 0 Å². The molecule has 0 atom stereocenters. The van der Waals surface area contributed by atoms with Gasteiger partial charge in [0.1, 0.15) is 0 Å². The Kier molecular flexibility index (Phi) is 10.3. The number of nitrogens with one attached hydrogen (secondary N) is 2. The highest BCUT2D eigenvalue weighted by molar-refractivity contribution is 5.91.